The molecule has 0 bridgehead atoms. The number of quaternary nitrogens is 1. The van der Waals surface area contributed by atoms with E-state index in [1.807, 2.05) is 0 Å². The fourth-order valence-electron chi connectivity index (χ4n) is 5.20. The quantitative estimate of drug-likeness (QED) is 0.101. The molecule has 1 fully saturated rings. The Hall–Kier alpha value is -4.21. The normalized spacial score (nSPS) is 16.9. The molecule has 2 atom stereocenters. The molecule has 4 N–H and O–H groups in total. The molecule has 3 amide bonds. The van der Waals surface area contributed by atoms with E-state index in [1.54, 1.807) is 0 Å². The number of hydrogen-bond acceptors (Lipinski definition) is 11. The Balaban J connectivity index is 2.39. The Bertz CT molecular complexity index is 1880. The van der Waals surface area contributed by atoms with Crippen LogP contribution in [0, 0.1) is 0 Å². The Morgan fingerprint density at radius 1 is 0.756 bits per heavy atom. The van der Waals surface area contributed by atoms with Gasteiger partial charge >= 0.3 is 36.3 Å². The van der Waals surface area contributed by atoms with Crippen LogP contribution in [0.4, 0.5) is 17.1 Å². The second-order valence-corrected chi connectivity index (χ2v) is 13.7. The van der Waals surface area contributed by atoms with Crippen LogP contribution in [0.3, 0.4) is 0 Å². The van der Waals surface area contributed by atoms with E-state index in [4.69, 9.17) is 0 Å². The van der Waals surface area contributed by atoms with Crippen molar-refractivity contribution in [3.63, 3.8) is 0 Å². The first kappa shape index (κ1) is 33.7. The minimum absolute atomic E-state index is 0.0700. The number of nitrogens with zero attached hydrogens (tertiary/aromatic N) is 2. The number of likely N-dealkylation sites (tertiary alicyclic amines) is 1. The molecule has 1 saturated heterocycles. The highest BCUT2D eigenvalue weighted by atomic mass is 32.2. The van der Waals surface area contributed by atoms with Gasteiger partial charge in [-0.25, -0.2) is 4.79 Å². The zero-order valence-corrected chi connectivity index (χ0v) is 25.0. The predicted molar refractivity (Wildman–Crippen MR) is 152 cm³/mol. The molecule has 1 aliphatic heterocycles. The molecular weight excluding hydrogens is 660 g/mol. The van der Waals surface area contributed by atoms with E-state index < -0.39 is 109 Å². The van der Waals surface area contributed by atoms with Gasteiger partial charge in [0.25, 0.3) is 5.91 Å². The third-order valence-corrected chi connectivity index (χ3v) is 9.62. The van der Waals surface area contributed by atoms with Gasteiger partial charge in [0, 0.05) is 24.6 Å². The smallest absolute Gasteiger partial charge is 0.352 e. The number of aliphatic hydroxyl groups excluding tert-OH is 1. The zero-order valence-electron chi connectivity index (χ0n) is 22.6. The van der Waals surface area contributed by atoms with Crippen molar-refractivity contribution < 1.29 is 63.2 Å². The lowest BCUT2D eigenvalue weighted by Gasteiger charge is -2.39. The molecule has 0 spiro atoms. The van der Waals surface area contributed by atoms with Crippen LogP contribution in [0.5, 0.6) is 0 Å². The van der Waals surface area contributed by atoms with Crippen LogP contribution in [0.2, 0.25) is 0 Å². The van der Waals surface area contributed by atoms with Crippen molar-refractivity contribution in [2.75, 3.05) is 0 Å². The van der Waals surface area contributed by atoms with Gasteiger partial charge in [0.15, 0.2) is 37.8 Å². The van der Waals surface area contributed by atoms with E-state index in [9.17, 15) is 58.4 Å². The Kier molecular flexibility index (Phi) is 8.94. The first-order chi connectivity index (χ1) is 20.9. The maximum Gasteiger partial charge on any atom is 0.352 e. The average molecular weight is 684 g/mol. The van der Waals surface area contributed by atoms with Crippen molar-refractivity contribution in [3.8, 4) is 0 Å². The first-order valence-corrected chi connectivity index (χ1v) is 16.8. The van der Waals surface area contributed by atoms with E-state index in [0.717, 1.165) is 72.8 Å². The molecule has 19 heteroatoms. The first-order valence-electron chi connectivity index (χ1n) is 12.5. The lowest BCUT2D eigenvalue weighted by molar-refractivity contribution is -0.150. The highest BCUT2D eigenvalue weighted by Gasteiger charge is 2.58. The highest BCUT2D eigenvalue weighted by molar-refractivity contribution is 7.86. The molecule has 45 heavy (non-hydrogen) atoms. The number of para-hydroxylation sites is 3. The largest absolute Gasteiger partial charge is 0.383 e. The van der Waals surface area contributed by atoms with Crippen LogP contribution >= 0.6 is 0 Å². The number of aliphatic hydroxyl groups is 1. The molecule has 3 aromatic rings. The molecule has 4 rings (SSSR count). The third kappa shape index (κ3) is 5.94. The topological polar surface area (TPSA) is 255 Å². The van der Waals surface area contributed by atoms with Gasteiger partial charge in [-0.3, -0.25) is 28.1 Å². The predicted octanol–water partition coefficient (Wildman–Crippen LogP) is 1.00. The minimum atomic E-state index is -5.40. The number of benzene rings is 3. The van der Waals surface area contributed by atoms with Crippen molar-refractivity contribution in [2.24, 2.45) is 0 Å². The third-order valence-electron chi connectivity index (χ3n) is 6.92. The second kappa shape index (κ2) is 11.9. The molecule has 0 aromatic heterocycles. The summed E-state index contributed by atoms with van der Waals surface area (Å²) in [6.45, 7) is 0. The van der Waals surface area contributed by atoms with Crippen LogP contribution < -0.4 is 4.48 Å². The maximum atomic E-state index is 15.1. The minimum Gasteiger partial charge on any atom is -0.383 e. The molecule has 16 nitrogen and oxygen atoms in total. The van der Waals surface area contributed by atoms with Crippen LogP contribution in [0.1, 0.15) is 12.8 Å². The Morgan fingerprint density at radius 2 is 1.11 bits per heavy atom. The molecule has 0 aliphatic carbocycles. The van der Waals surface area contributed by atoms with Crippen LogP contribution in [-0.2, 0) is 49.5 Å². The summed E-state index contributed by atoms with van der Waals surface area (Å²) in [4.78, 5) is 49.7. The second-order valence-electron chi connectivity index (χ2n) is 9.58. The molecule has 1 heterocycles. The van der Waals surface area contributed by atoms with E-state index in [0.29, 0.717) is 0 Å². The van der Waals surface area contributed by atoms with Crippen LogP contribution in [-0.4, -0.2) is 85.1 Å². The van der Waals surface area contributed by atoms with Gasteiger partial charge in [-0.2, -0.15) is 29.7 Å². The van der Waals surface area contributed by atoms with Gasteiger partial charge in [0.1, 0.15) is 12.4 Å². The summed E-state index contributed by atoms with van der Waals surface area (Å²) in [6.07, 6.45) is -3.78. The van der Waals surface area contributed by atoms with Crippen molar-refractivity contribution in [1.29, 1.82) is 0 Å². The van der Waals surface area contributed by atoms with Crippen LogP contribution in [0.15, 0.2) is 87.5 Å². The van der Waals surface area contributed by atoms with E-state index in [1.165, 1.54) is 0 Å². The summed E-state index contributed by atoms with van der Waals surface area (Å²) < 4.78 is 105. The summed E-state index contributed by atoms with van der Waals surface area (Å²) in [6, 6.07) is 9.02. The molecule has 0 saturated carbocycles. The van der Waals surface area contributed by atoms with Gasteiger partial charge in [-0.15, -0.1) is 0 Å². The summed E-state index contributed by atoms with van der Waals surface area (Å²) in [5, 5.41) is 10.1. The summed E-state index contributed by atoms with van der Waals surface area (Å²) in [7, 11) is -16.2. The standard InChI is InChI=1S/C26H22N2O14S3/c29-14-13-16(27-24(31)15-20(30)25(27)32)26(33)28(17-7-1-4-10-21(17)43(34,35)36,18-8-2-5-11-22(18)44(37,38)39)19-9-3-6-12-23(19)45(40,41)42/h1-12,14,16,20,30H,13,15H2,(H2-,34,35,36,37,38,39,40,41,42)/p+1. The summed E-state index contributed by atoms with van der Waals surface area (Å²) >= 11 is 0. The van der Waals surface area contributed by atoms with E-state index in [2.05, 4.69) is 0 Å². The van der Waals surface area contributed by atoms with Crippen molar-refractivity contribution in [2.45, 2.75) is 39.7 Å². The molecule has 0 radical (unpaired) electrons. The molecule has 2 unspecified atom stereocenters. The van der Waals surface area contributed by atoms with Crippen molar-refractivity contribution in [1.82, 2.24) is 9.38 Å². The number of rotatable bonds is 10. The number of hydrogen-bond donors (Lipinski definition) is 4. The lowest BCUT2D eigenvalue weighted by Crippen LogP contribution is -2.58. The number of carbonyl (C=O) groups excluding carboxylic acids is 4. The van der Waals surface area contributed by atoms with Gasteiger partial charge < -0.3 is 9.90 Å². The molecule has 1 aliphatic rings. The maximum absolute atomic E-state index is 15.1. The van der Waals surface area contributed by atoms with Crippen molar-refractivity contribution in [3.05, 3.63) is 72.8 Å². The van der Waals surface area contributed by atoms with Gasteiger partial charge in [0.2, 0.25) is 5.91 Å². The number of aldehydes is 1. The molecule has 238 valence electrons. The fraction of sp³-hybridized carbons (Fsp3) is 0.154. The average Bonchev–Trinajstić information content (AvgIpc) is 3.21. The summed E-state index contributed by atoms with van der Waals surface area (Å²) in [5.41, 5.74) is -2.77. The van der Waals surface area contributed by atoms with Crippen molar-refractivity contribution >= 4 is 71.4 Å². The van der Waals surface area contributed by atoms with Gasteiger partial charge in [-0.05, 0) is 18.2 Å². The molecular formula is C26H23N2O14S3+. The van der Waals surface area contributed by atoms with Gasteiger partial charge in [0.05, 0.1) is 6.42 Å². The van der Waals surface area contributed by atoms with Crippen LogP contribution in [0.25, 0.3) is 0 Å². The monoisotopic (exact) mass is 683 g/mol. The van der Waals surface area contributed by atoms with Gasteiger partial charge in [-0.1, -0.05) is 36.4 Å². The summed E-state index contributed by atoms with van der Waals surface area (Å²) in [5.74, 6) is -4.20. The zero-order chi connectivity index (χ0) is 33.5. The SMILES string of the molecule is O=CCC(C(=O)[N+](c1ccccc1S(=O)(=O)O)(c1ccccc1S(=O)(=O)O)c1ccccc1S(=O)(=O)O)N1C(=O)CC(O)C1=O. The van der Waals surface area contributed by atoms with E-state index in [-0.39, 0.29) is 11.2 Å². The number of imide groups is 1. The Labute approximate surface area is 256 Å². The molecule has 3 aromatic carbocycles. The van der Waals surface area contributed by atoms with E-state index >= 15 is 4.79 Å². The number of carbonyl (C=O) groups is 4. The fourth-order valence-corrected chi connectivity index (χ4v) is 7.36. The highest BCUT2D eigenvalue weighted by Crippen LogP contribution is 2.52. The number of amides is 3. The Morgan fingerprint density at radius 3 is 1.40 bits per heavy atom. The lowest BCUT2D eigenvalue weighted by atomic mass is 10.0.